The lowest BCUT2D eigenvalue weighted by Crippen LogP contribution is -2.29. The van der Waals surface area contributed by atoms with Gasteiger partial charge in [0.2, 0.25) is 0 Å². The maximum atomic E-state index is 13.4. The fourth-order valence-corrected chi connectivity index (χ4v) is 5.06. The van der Waals surface area contributed by atoms with Gasteiger partial charge in [0, 0.05) is 51.7 Å². The molecule has 0 unspecified atom stereocenters. The summed E-state index contributed by atoms with van der Waals surface area (Å²) in [6.07, 6.45) is 1.99. The summed E-state index contributed by atoms with van der Waals surface area (Å²) in [6.45, 7) is 4.22. The molecule has 0 bridgehead atoms. The van der Waals surface area contributed by atoms with Gasteiger partial charge in [0.25, 0.3) is 5.91 Å². The third-order valence-electron chi connectivity index (χ3n) is 6.50. The second-order valence-electron chi connectivity index (χ2n) is 8.67. The average molecular weight is 486 g/mol. The monoisotopic (exact) mass is 485 g/mol. The second-order valence-corrected chi connectivity index (χ2v) is 9.08. The minimum absolute atomic E-state index is 0.135. The smallest absolute Gasteiger partial charge is 0.253 e. The van der Waals surface area contributed by atoms with Crippen LogP contribution in [0.5, 0.6) is 0 Å². The van der Waals surface area contributed by atoms with E-state index in [1.54, 1.807) is 12.1 Å². The molecule has 35 heavy (non-hydrogen) atoms. The molecule has 0 aliphatic heterocycles. The fraction of sp³-hybridized carbons (Fsp3) is 0.138. The minimum atomic E-state index is -0.294. The molecule has 0 saturated carbocycles. The van der Waals surface area contributed by atoms with Crippen LogP contribution >= 0.6 is 11.6 Å². The first-order chi connectivity index (χ1) is 16.9. The Morgan fingerprint density at radius 3 is 2.49 bits per heavy atom. The number of aromatic amines is 1. The number of para-hydroxylation sites is 1. The van der Waals surface area contributed by atoms with Gasteiger partial charge in [-0.25, -0.2) is 4.39 Å². The fourth-order valence-electron chi connectivity index (χ4n) is 4.80. The number of amides is 1. The highest BCUT2D eigenvalue weighted by atomic mass is 35.5. The van der Waals surface area contributed by atoms with Crippen LogP contribution < -0.4 is 5.32 Å². The number of nitrogens with one attached hydrogen (secondary N) is 2. The number of carbonyl (C=O) groups is 1. The molecule has 0 aliphatic rings. The zero-order valence-electron chi connectivity index (χ0n) is 19.5. The van der Waals surface area contributed by atoms with Gasteiger partial charge in [0.15, 0.2) is 0 Å². The van der Waals surface area contributed by atoms with Crippen molar-refractivity contribution in [2.75, 3.05) is 6.54 Å². The van der Waals surface area contributed by atoms with E-state index in [-0.39, 0.29) is 17.6 Å². The van der Waals surface area contributed by atoms with Crippen molar-refractivity contribution in [1.29, 1.82) is 0 Å². The minimum Gasteiger partial charge on any atom is -0.361 e. The van der Waals surface area contributed by atoms with Gasteiger partial charge < -0.3 is 14.9 Å². The largest absolute Gasteiger partial charge is 0.361 e. The lowest BCUT2D eigenvalue weighted by atomic mass is 9.90. The van der Waals surface area contributed by atoms with E-state index in [0.717, 1.165) is 39.1 Å². The molecule has 0 radical (unpaired) electrons. The number of halogens is 2. The molecule has 2 heterocycles. The number of carbonyl (C=O) groups excluding carboxylic acids is 1. The van der Waals surface area contributed by atoms with E-state index in [9.17, 15) is 9.18 Å². The normalized spacial score (nSPS) is 12.1. The van der Waals surface area contributed by atoms with Crippen molar-refractivity contribution >= 4 is 28.4 Å². The van der Waals surface area contributed by atoms with Gasteiger partial charge in [-0.2, -0.15) is 0 Å². The van der Waals surface area contributed by atoms with E-state index in [1.165, 1.54) is 12.1 Å². The van der Waals surface area contributed by atoms with Crippen molar-refractivity contribution in [3.8, 4) is 5.69 Å². The Hall–Kier alpha value is -3.83. The molecule has 6 heteroatoms. The van der Waals surface area contributed by atoms with Crippen molar-refractivity contribution in [2.45, 2.75) is 19.8 Å². The molecule has 2 aromatic heterocycles. The van der Waals surface area contributed by atoms with Gasteiger partial charge in [-0.15, -0.1) is 0 Å². The van der Waals surface area contributed by atoms with Gasteiger partial charge in [-0.3, -0.25) is 4.79 Å². The van der Waals surface area contributed by atoms with E-state index in [4.69, 9.17) is 11.6 Å². The van der Waals surface area contributed by atoms with E-state index in [0.29, 0.717) is 17.1 Å². The molecule has 5 aromatic rings. The van der Waals surface area contributed by atoms with Crippen LogP contribution in [0.25, 0.3) is 16.6 Å². The molecule has 1 amide bonds. The Morgan fingerprint density at radius 2 is 1.71 bits per heavy atom. The van der Waals surface area contributed by atoms with Gasteiger partial charge in [-0.05, 0) is 67.4 Å². The number of hydrogen-bond donors (Lipinski definition) is 2. The number of benzene rings is 3. The van der Waals surface area contributed by atoms with Crippen molar-refractivity contribution in [2.24, 2.45) is 0 Å². The SMILES string of the molecule is Cc1cc(C(=O)NC[C@@H](c2ccccc2Cl)c2c[nH]c3ccccc23)c(C)n1-c1ccc(F)cc1. The Morgan fingerprint density at radius 1 is 1.00 bits per heavy atom. The molecule has 4 nitrogen and oxygen atoms in total. The van der Waals surface area contributed by atoms with Crippen LogP contribution in [0.3, 0.4) is 0 Å². The molecule has 2 N–H and O–H groups in total. The molecular weight excluding hydrogens is 461 g/mol. The molecular formula is C29H25ClFN3O. The van der Waals surface area contributed by atoms with E-state index in [1.807, 2.05) is 73.1 Å². The van der Waals surface area contributed by atoms with Crippen LogP contribution in [-0.4, -0.2) is 22.0 Å². The van der Waals surface area contributed by atoms with Gasteiger partial charge >= 0.3 is 0 Å². The van der Waals surface area contributed by atoms with E-state index >= 15 is 0 Å². The summed E-state index contributed by atoms with van der Waals surface area (Å²) in [4.78, 5) is 16.7. The zero-order chi connectivity index (χ0) is 24.5. The van der Waals surface area contributed by atoms with Crippen LogP contribution in [-0.2, 0) is 0 Å². The quantitative estimate of drug-likeness (QED) is 0.269. The average Bonchev–Trinajstić information content (AvgIpc) is 3.41. The molecule has 0 aliphatic carbocycles. The lowest BCUT2D eigenvalue weighted by molar-refractivity contribution is 0.0952. The van der Waals surface area contributed by atoms with Crippen molar-refractivity contribution in [1.82, 2.24) is 14.9 Å². The van der Waals surface area contributed by atoms with Gasteiger partial charge in [0.1, 0.15) is 5.82 Å². The van der Waals surface area contributed by atoms with Crippen molar-refractivity contribution in [3.63, 3.8) is 0 Å². The van der Waals surface area contributed by atoms with E-state index in [2.05, 4.69) is 16.4 Å². The summed E-state index contributed by atoms with van der Waals surface area (Å²) in [5.41, 5.74) is 6.17. The summed E-state index contributed by atoms with van der Waals surface area (Å²) in [5, 5.41) is 4.89. The van der Waals surface area contributed by atoms with Crippen molar-refractivity contribution in [3.05, 3.63) is 124 Å². The summed E-state index contributed by atoms with van der Waals surface area (Å²) in [5.74, 6) is -0.593. The number of H-pyrrole nitrogens is 1. The maximum absolute atomic E-state index is 13.4. The highest BCUT2D eigenvalue weighted by Gasteiger charge is 2.23. The summed E-state index contributed by atoms with van der Waals surface area (Å²) in [7, 11) is 0. The summed E-state index contributed by atoms with van der Waals surface area (Å²) < 4.78 is 15.4. The topological polar surface area (TPSA) is 49.8 Å². The Kier molecular flexibility index (Phi) is 6.18. The highest BCUT2D eigenvalue weighted by Crippen LogP contribution is 2.34. The number of rotatable bonds is 6. The molecule has 0 spiro atoms. The number of hydrogen-bond acceptors (Lipinski definition) is 1. The number of fused-ring (bicyclic) bond motifs is 1. The number of nitrogens with zero attached hydrogens (tertiary/aromatic N) is 1. The third-order valence-corrected chi connectivity index (χ3v) is 6.85. The highest BCUT2D eigenvalue weighted by molar-refractivity contribution is 6.31. The number of aromatic nitrogens is 2. The van der Waals surface area contributed by atoms with Crippen LogP contribution in [0.1, 0.15) is 38.8 Å². The first-order valence-corrected chi connectivity index (χ1v) is 11.9. The Bertz CT molecular complexity index is 1520. The molecule has 3 aromatic carbocycles. The van der Waals surface area contributed by atoms with Gasteiger partial charge in [0.05, 0.1) is 5.56 Å². The zero-order valence-corrected chi connectivity index (χ0v) is 20.2. The molecule has 176 valence electrons. The standard InChI is InChI=1S/C29H25ClFN3O/c1-18-15-24(19(2)34(18)21-13-11-20(31)12-14-21)29(35)33-17-25(22-7-3-5-9-27(22)30)26-16-32-28-10-6-4-8-23(26)28/h3-16,25,32H,17H2,1-2H3,(H,33,35)/t25-/m0/s1. The first-order valence-electron chi connectivity index (χ1n) is 11.5. The first kappa shape index (κ1) is 22.9. The van der Waals surface area contributed by atoms with Crippen LogP contribution in [0.4, 0.5) is 4.39 Å². The van der Waals surface area contributed by atoms with E-state index < -0.39 is 0 Å². The summed E-state index contributed by atoms with van der Waals surface area (Å²) >= 11 is 6.59. The van der Waals surface area contributed by atoms with Crippen LogP contribution in [0, 0.1) is 19.7 Å². The van der Waals surface area contributed by atoms with Crippen molar-refractivity contribution < 1.29 is 9.18 Å². The second kappa shape index (κ2) is 9.43. The Labute approximate surface area is 208 Å². The Balaban J connectivity index is 1.46. The summed E-state index contributed by atoms with van der Waals surface area (Å²) in [6, 6.07) is 24.0. The number of aryl methyl sites for hydroxylation is 1. The molecule has 5 rings (SSSR count). The predicted octanol–water partition coefficient (Wildman–Crippen LogP) is 6.93. The molecule has 0 fully saturated rings. The third kappa shape index (κ3) is 4.35. The molecule has 0 saturated heterocycles. The van der Waals surface area contributed by atoms with Gasteiger partial charge in [-0.1, -0.05) is 48.0 Å². The lowest BCUT2D eigenvalue weighted by Gasteiger charge is -2.19. The maximum Gasteiger partial charge on any atom is 0.253 e. The van der Waals surface area contributed by atoms with Crippen LogP contribution in [0.15, 0.2) is 85.1 Å². The molecule has 1 atom stereocenters. The van der Waals surface area contributed by atoms with Crippen LogP contribution in [0.2, 0.25) is 5.02 Å². The predicted molar refractivity (Wildman–Crippen MR) is 139 cm³/mol.